The third kappa shape index (κ3) is 5.57. The van der Waals surface area contributed by atoms with Gasteiger partial charge < -0.3 is 9.64 Å². The van der Waals surface area contributed by atoms with Crippen molar-refractivity contribution in [3.8, 4) is 0 Å². The summed E-state index contributed by atoms with van der Waals surface area (Å²) in [6, 6.07) is 11.8. The molecule has 0 aliphatic rings. The number of halogens is 2. The van der Waals surface area contributed by atoms with E-state index in [1.54, 1.807) is 40.8 Å². The SMILES string of the molecule is CCCn1c(C(CC)N(CCCOC)C(=O)c2ccc(Cl)c(Cl)c2)nc2ccccc2c1=O. The first-order chi connectivity index (χ1) is 15.9. The van der Waals surface area contributed by atoms with E-state index in [0.29, 0.717) is 64.9 Å². The zero-order valence-electron chi connectivity index (χ0n) is 19.2. The Kier molecular flexibility index (Phi) is 8.89. The fraction of sp³-hybridized carbons (Fsp3) is 0.400. The number of fused-ring (bicyclic) bond motifs is 1. The molecule has 6 nitrogen and oxygen atoms in total. The summed E-state index contributed by atoms with van der Waals surface area (Å²) in [6.45, 7) is 5.49. The lowest BCUT2D eigenvalue weighted by molar-refractivity contribution is 0.0631. The highest BCUT2D eigenvalue weighted by atomic mass is 35.5. The molecular formula is C25H29Cl2N3O3. The van der Waals surface area contributed by atoms with E-state index in [2.05, 4.69) is 0 Å². The fourth-order valence-electron chi connectivity index (χ4n) is 3.99. The molecule has 1 heterocycles. The maximum Gasteiger partial charge on any atom is 0.261 e. The first-order valence-corrected chi connectivity index (χ1v) is 11.9. The summed E-state index contributed by atoms with van der Waals surface area (Å²) in [5.74, 6) is 0.399. The minimum Gasteiger partial charge on any atom is -0.385 e. The normalized spacial score (nSPS) is 12.2. The molecule has 33 heavy (non-hydrogen) atoms. The summed E-state index contributed by atoms with van der Waals surface area (Å²) in [6.07, 6.45) is 2.01. The molecule has 0 spiro atoms. The van der Waals surface area contributed by atoms with Crippen molar-refractivity contribution < 1.29 is 9.53 Å². The Hall–Kier alpha value is -2.41. The van der Waals surface area contributed by atoms with Gasteiger partial charge in [-0.05, 0) is 49.6 Å². The van der Waals surface area contributed by atoms with Gasteiger partial charge in [0.05, 0.1) is 27.0 Å². The van der Waals surface area contributed by atoms with Crippen molar-refractivity contribution in [2.24, 2.45) is 0 Å². The summed E-state index contributed by atoms with van der Waals surface area (Å²) >= 11 is 12.3. The Labute approximate surface area is 204 Å². The van der Waals surface area contributed by atoms with Gasteiger partial charge in [-0.2, -0.15) is 0 Å². The Morgan fingerprint density at radius 3 is 2.58 bits per heavy atom. The van der Waals surface area contributed by atoms with E-state index in [0.717, 1.165) is 6.42 Å². The topological polar surface area (TPSA) is 64.4 Å². The van der Waals surface area contributed by atoms with Crippen molar-refractivity contribution >= 4 is 40.0 Å². The first kappa shape index (κ1) is 25.2. The van der Waals surface area contributed by atoms with Crippen LogP contribution in [0.1, 0.15) is 55.3 Å². The molecule has 3 rings (SSSR count). The molecule has 1 aromatic heterocycles. The highest BCUT2D eigenvalue weighted by molar-refractivity contribution is 6.42. The van der Waals surface area contributed by atoms with Crippen molar-refractivity contribution in [1.29, 1.82) is 0 Å². The van der Waals surface area contributed by atoms with Crippen LogP contribution < -0.4 is 5.56 Å². The number of carbonyl (C=O) groups is 1. The smallest absolute Gasteiger partial charge is 0.261 e. The Bertz CT molecular complexity index is 1180. The molecule has 2 aromatic carbocycles. The van der Waals surface area contributed by atoms with Gasteiger partial charge in [-0.1, -0.05) is 49.2 Å². The molecule has 1 unspecified atom stereocenters. The number of aromatic nitrogens is 2. The Morgan fingerprint density at radius 1 is 1.15 bits per heavy atom. The van der Waals surface area contributed by atoms with Gasteiger partial charge >= 0.3 is 0 Å². The van der Waals surface area contributed by atoms with Crippen LogP contribution >= 0.6 is 23.2 Å². The van der Waals surface area contributed by atoms with Gasteiger partial charge in [-0.3, -0.25) is 14.2 Å². The minimum atomic E-state index is -0.396. The number of carbonyl (C=O) groups excluding carboxylic acids is 1. The predicted molar refractivity (Wildman–Crippen MR) is 133 cm³/mol. The zero-order chi connectivity index (χ0) is 24.0. The summed E-state index contributed by atoms with van der Waals surface area (Å²) in [5.41, 5.74) is 0.974. The largest absolute Gasteiger partial charge is 0.385 e. The van der Waals surface area contributed by atoms with Crippen molar-refractivity contribution in [2.45, 2.75) is 45.7 Å². The standard InChI is InChI=1S/C25H29Cl2N3O3/c1-4-13-30-23(28-21-10-7-6-9-18(21)25(30)32)22(5-2)29(14-8-15-33-3)24(31)17-11-12-19(26)20(27)16-17/h6-7,9-12,16,22H,4-5,8,13-15H2,1-3H3. The van der Waals surface area contributed by atoms with Crippen LogP contribution in [0, 0.1) is 0 Å². The quantitative estimate of drug-likeness (QED) is 0.340. The predicted octanol–water partition coefficient (Wildman–Crippen LogP) is 5.74. The lowest BCUT2D eigenvalue weighted by Gasteiger charge is -2.32. The fourth-order valence-corrected chi connectivity index (χ4v) is 4.29. The third-order valence-corrected chi connectivity index (χ3v) is 6.31. The van der Waals surface area contributed by atoms with Crippen LogP contribution in [0.4, 0.5) is 0 Å². The van der Waals surface area contributed by atoms with E-state index in [-0.39, 0.29) is 11.5 Å². The number of hydrogen-bond donors (Lipinski definition) is 0. The second-order valence-electron chi connectivity index (χ2n) is 7.84. The van der Waals surface area contributed by atoms with Gasteiger partial charge in [0.15, 0.2) is 0 Å². The molecule has 0 saturated heterocycles. The average molecular weight is 490 g/mol. The number of para-hydroxylation sites is 1. The molecule has 176 valence electrons. The van der Waals surface area contributed by atoms with E-state index >= 15 is 0 Å². The van der Waals surface area contributed by atoms with Gasteiger partial charge in [0.1, 0.15) is 5.82 Å². The van der Waals surface area contributed by atoms with Crippen molar-refractivity contribution in [2.75, 3.05) is 20.3 Å². The highest BCUT2D eigenvalue weighted by Crippen LogP contribution is 2.28. The van der Waals surface area contributed by atoms with Crippen molar-refractivity contribution in [3.63, 3.8) is 0 Å². The molecular weight excluding hydrogens is 461 g/mol. The molecule has 3 aromatic rings. The molecule has 0 aliphatic carbocycles. The number of methoxy groups -OCH3 is 1. The molecule has 1 amide bonds. The van der Waals surface area contributed by atoms with Crippen LogP contribution in [-0.4, -0.2) is 40.6 Å². The van der Waals surface area contributed by atoms with Gasteiger partial charge in [0, 0.05) is 32.4 Å². The van der Waals surface area contributed by atoms with E-state index in [9.17, 15) is 9.59 Å². The number of hydrogen-bond acceptors (Lipinski definition) is 4. The van der Waals surface area contributed by atoms with E-state index in [4.69, 9.17) is 32.9 Å². The van der Waals surface area contributed by atoms with Crippen LogP contribution in [-0.2, 0) is 11.3 Å². The monoisotopic (exact) mass is 489 g/mol. The Morgan fingerprint density at radius 2 is 1.91 bits per heavy atom. The van der Waals surface area contributed by atoms with Crippen molar-refractivity contribution in [1.82, 2.24) is 14.5 Å². The molecule has 0 bridgehead atoms. The van der Waals surface area contributed by atoms with Gasteiger partial charge in [0.25, 0.3) is 11.5 Å². The summed E-state index contributed by atoms with van der Waals surface area (Å²) in [5, 5.41) is 1.28. The first-order valence-electron chi connectivity index (χ1n) is 11.2. The van der Waals surface area contributed by atoms with E-state index in [1.807, 2.05) is 32.0 Å². The summed E-state index contributed by atoms with van der Waals surface area (Å²) in [4.78, 5) is 33.6. The second kappa shape index (κ2) is 11.6. The molecule has 0 aliphatic heterocycles. The lowest BCUT2D eigenvalue weighted by Crippen LogP contribution is -2.39. The highest BCUT2D eigenvalue weighted by Gasteiger charge is 2.29. The average Bonchev–Trinajstić information content (AvgIpc) is 2.82. The number of rotatable bonds is 10. The molecule has 0 radical (unpaired) electrons. The second-order valence-corrected chi connectivity index (χ2v) is 8.66. The van der Waals surface area contributed by atoms with Gasteiger partial charge in [-0.25, -0.2) is 4.98 Å². The number of benzene rings is 2. The minimum absolute atomic E-state index is 0.0882. The lowest BCUT2D eigenvalue weighted by atomic mass is 10.1. The summed E-state index contributed by atoms with van der Waals surface area (Å²) < 4.78 is 6.93. The van der Waals surface area contributed by atoms with Crippen molar-refractivity contribution in [3.05, 3.63) is 74.3 Å². The van der Waals surface area contributed by atoms with E-state index in [1.165, 1.54) is 0 Å². The molecule has 8 heteroatoms. The van der Waals surface area contributed by atoms with Gasteiger partial charge in [-0.15, -0.1) is 0 Å². The zero-order valence-corrected chi connectivity index (χ0v) is 20.7. The van der Waals surface area contributed by atoms with Crippen LogP contribution in [0.25, 0.3) is 10.9 Å². The Balaban J connectivity index is 2.14. The number of ether oxygens (including phenoxy) is 1. The molecule has 1 atom stereocenters. The third-order valence-electron chi connectivity index (χ3n) is 5.57. The maximum atomic E-state index is 13.7. The van der Waals surface area contributed by atoms with Crippen LogP contribution in [0.15, 0.2) is 47.3 Å². The van der Waals surface area contributed by atoms with Crippen LogP contribution in [0.2, 0.25) is 10.0 Å². The van der Waals surface area contributed by atoms with Crippen LogP contribution in [0.3, 0.4) is 0 Å². The molecule has 0 saturated carbocycles. The number of nitrogens with zero attached hydrogens (tertiary/aromatic N) is 3. The van der Waals surface area contributed by atoms with Gasteiger partial charge in [0.2, 0.25) is 0 Å². The van der Waals surface area contributed by atoms with E-state index < -0.39 is 6.04 Å². The number of amides is 1. The summed E-state index contributed by atoms with van der Waals surface area (Å²) in [7, 11) is 1.63. The molecule has 0 fully saturated rings. The maximum absolute atomic E-state index is 13.7. The molecule has 0 N–H and O–H groups in total. The van der Waals surface area contributed by atoms with Crippen LogP contribution in [0.5, 0.6) is 0 Å².